The van der Waals surface area contributed by atoms with Crippen molar-refractivity contribution in [2.75, 3.05) is 13.6 Å². The third kappa shape index (κ3) is 1.56. The molecule has 82 valence electrons. The third-order valence-corrected chi connectivity index (χ3v) is 2.41. The van der Waals surface area contributed by atoms with Gasteiger partial charge < -0.3 is 0 Å². The molecule has 0 aromatic heterocycles. The molecule has 2 rings (SSSR count). The van der Waals surface area contributed by atoms with Crippen LogP contribution in [0.4, 0.5) is 0 Å². The van der Waals surface area contributed by atoms with Crippen LogP contribution in [0.5, 0.6) is 0 Å². The summed E-state index contributed by atoms with van der Waals surface area (Å²) in [6.07, 6.45) is 1.35. The Balaban J connectivity index is 2.32. The van der Waals surface area contributed by atoms with Crippen molar-refractivity contribution in [2.24, 2.45) is 0 Å². The van der Waals surface area contributed by atoms with Gasteiger partial charge in [0.15, 0.2) is 7.05 Å². The molecule has 1 heterocycles. The van der Waals surface area contributed by atoms with Crippen molar-refractivity contribution in [2.45, 2.75) is 0 Å². The van der Waals surface area contributed by atoms with E-state index in [2.05, 4.69) is 0 Å². The molecular weight excluding hydrogens is 208 g/mol. The average molecular weight is 219 g/mol. The minimum absolute atomic E-state index is 0.0688. The summed E-state index contributed by atoms with van der Waals surface area (Å²) in [4.78, 5) is 24.7. The van der Waals surface area contributed by atoms with Crippen molar-refractivity contribution in [3.63, 3.8) is 0 Å². The summed E-state index contributed by atoms with van der Waals surface area (Å²) in [6.45, 7) is 0.0688. The predicted octanol–water partition coefficient (Wildman–Crippen LogP) is 0.385. The average Bonchev–Trinajstić information content (AvgIpc) is 2.50. The first-order valence-corrected chi connectivity index (χ1v) is 4.81. The molecule has 0 bridgehead atoms. The van der Waals surface area contributed by atoms with Gasteiger partial charge in [0.05, 0.1) is 11.1 Å². The first-order valence-electron chi connectivity index (χ1n) is 4.81. The van der Waals surface area contributed by atoms with Crippen LogP contribution in [-0.4, -0.2) is 46.5 Å². The van der Waals surface area contributed by atoms with Gasteiger partial charge in [0.2, 0.25) is 6.21 Å². The Morgan fingerprint density at radius 1 is 1.25 bits per heavy atom. The summed E-state index contributed by atoms with van der Waals surface area (Å²) in [5.74, 6) is -0.641. The SMILES string of the molecule is C[N+](O)=CCN1C(=O)c2ccccc2C1=O. The molecule has 0 radical (unpaired) electrons. The number of hydrogen-bond donors (Lipinski definition) is 1. The van der Waals surface area contributed by atoms with Crippen molar-refractivity contribution in [1.82, 2.24) is 4.90 Å². The molecule has 5 heteroatoms. The number of amides is 2. The Labute approximate surface area is 92.2 Å². The molecular formula is C11H11N2O3+. The van der Waals surface area contributed by atoms with Crippen LogP contribution in [0.2, 0.25) is 0 Å². The summed E-state index contributed by atoms with van der Waals surface area (Å²) in [6, 6.07) is 6.68. The zero-order valence-electron chi connectivity index (χ0n) is 8.75. The van der Waals surface area contributed by atoms with E-state index in [0.29, 0.717) is 11.1 Å². The van der Waals surface area contributed by atoms with Gasteiger partial charge in [-0.2, -0.15) is 0 Å². The van der Waals surface area contributed by atoms with Gasteiger partial charge in [-0.1, -0.05) is 12.1 Å². The molecule has 2 amide bonds. The maximum Gasteiger partial charge on any atom is 0.262 e. The van der Waals surface area contributed by atoms with E-state index < -0.39 is 0 Å². The lowest BCUT2D eigenvalue weighted by Gasteiger charge is -2.07. The van der Waals surface area contributed by atoms with Gasteiger partial charge in [0, 0.05) is 0 Å². The van der Waals surface area contributed by atoms with Crippen LogP contribution in [0.15, 0.2) is 24.3 Å². The van der Waals surface area contributed by atoms with Crippen LogP contribution >= 0.6 is 0 Å². The lowest BCUT2D eigenvalue weighted by Crippen LogP contribution is -2.32. The highest BCUT2D eigenvalue weighted by Crippen LogP contribution is 2.21. The Bertz CT molecular complexity index is 455. The van der Waals surface area contributed by atoms with Gasteiger partial charge in [-0.25, -0.2) is 0 Å². The molecule has 0 fully saturated rings. The molecule has 0 saturated carbocycles. The van der Waals surface area contributed by atoms with Crippen LogP contribution in [0, 0.1) is 0 Å². The first kappa shape index (κ1) is 10.4. The predicted molar refractivity (Wildman–Crippen MR) is 55.8 cm³/mol. The van der Waals surface area contributed by atoms with Crippen LogP contribution in [-0.2, 0) is 0 Å². The van der Waals surface area contributed by atoms with Crippen molar-refractivity contribution in [3.8, 4) is 0 Å². The highest BCUT2D eigenvalue weighted by atomic mass is 16.5. The summed E-state index contributed by atoms with van der Waals surface area (Å²) in [7, 11) is 1.41. The molecule has 1 N–H and O–H groups in total. The molecule has 0 atom stereocenters. The normalized spacial score (nSPS) is 15.6. The second-order valence-corrected chi connectivity index (χ2v) is 3.52. The van der Waals surface area contributed by atoms with Crippen LogP contribution in [0.3, 0.4) is 0 Å². The molecule has 0 spiro atoms. The van der Waals surface area contributed by atoms with Crippen molar-refractivity contribution in [1.29, 1.82) is 0 Å². The minimum Gasteiger partial charge on any atom is -0.291 e. The molecule has 5 nitrogen and oxygen atoms in total. The van der Waals surface area contributed by atoms with Gasteiger partial charge in [-0.05, 0) is 16.9 Å². The van der Waals surface area contributed by atoms with Crippen molar-refractivity contribution < 1.29 is 19.5 Å². The fraction of sp³-hybridized carbons (Fsp3) is 0.182. The lowest BCUT2D eigenvalue weighted by atomic mass is 10.1. The molecule has 0 aliphatic carbocycles. The van der Waals surface area contributed by atoms with Gasteiger partial charge in [0.1, 0.15) is 6.54 Å². The van der Waals surface area contributed by atoms with E-state index in [4.69, 9.17) is 5.21 Å². The van der Waals surface area contributed by atoms with Crippen molar-refractivity contribution in [3.05, 3.63) is 35.4 Å². The number of imide groups is 1. The topological polar surface area (TPSA) is 60.6 Å². The van der Waals surface area contributed by atoms with Gasteiger partial charge in [0.25, 0.3) is 11.8 Å². The van der Waals surface area contributed by atoms with Gasteiger partial charge in [-0.3, -0.25) is 19.7 Å². The molecule has 1 aliphatic heterocycles. The summed E-state index contributed by atoms with van der Waals surface area (Å²) in [5.41, 5.74) is 0.836. The largest absolute Gasteiger partial charge is 0.291 e. The van der Waals surface area contributed by atoms with Crippen LogP contribution in [0.1, 0.15) is 20.7 Å². The third-order valence-electron chi connectivity index (χ3n) is 2.41. The second-order valence-electron chi connectivity index (χ2n) is 3.52. The summed E-state index contributed by atoms with van der Waals surface area (Å²) < 4.78 is 0.823. The minimum atomic E-state index is -0.321. The maximum atomic E-state index is 11.8. The molecule has 16 heavy (non-hydrogen) atoms. The number of benzene rings is 1. The van der Waals surface area contributed by atoms with Crippen molar-refractivity contribution >= 4 is 18.0 Å². The highest BCUT2D eigenvalue weighted by molar-refractivity contribution is 6.21. The van der Waals surface area contributed by atoms with Crippen LogP contribution in [0.25, 0.3) is 0 Å². The molecule has 0 unspecified atom stereocenters. The Hall–Kier alpha value is -2.17. The summed E-state index contributed by atoms with van der Waals surface area (Å²) >= 11 is 0. The highest BCUT2D eigenvalue weighted by Gasteiger charge is 2.34. The standard InChI is InChI=1S/C11H11N2O3/c1-12(16)6-7-13-10(14)8-4-2-3-5-9(8)11(13)15/h2-6,16H,7H2,1H3/q+1. The van der Waals surface area contributed by atoms with Gasteiger partial charge in [-0.15, -0.1) is 0 Å². The summed E-state index contributed by atoms with van der Waals surface area (Å²) in [5, 5.41) is 8.93. The quantitative estimate of drug-likeness (QED) is 0.257. The molecule has 0 saturated heterocycles. The number of carbonyl (C=O) groups excluding carboxylic acids is 2. The van der Waals surface area contributed by atoms with E-state index in [-0.39, 0.29) is 18.4 Å². The Morgan fingerprint density at radius 2 is 1.75 bits per heavy atom. The smallest absolute Gasteiger partial charge is 0.262 e. The van der Waals surface area contributed by atoms with E-state index in [1.807, 2.05) is 0 Å². The van der Waals surface area contributed by atoms with E-state index in [1.54, 1.807) is 24.3 Å². The fourth-order valence-corrected chi connectivity index (χ4v) is 1.60. The number of hydroxylamine groups is 1. The number of fused-ring (bicyclic) bond motifs is 1. The van der Waals surface area contributed by atoms with Gasteiger partial charge >= 0.3 is 0 Å². The maximum absolute atomic E-state index is 11.8. The number of carbonyl (C=O) groups is 2. The lowest BCUT2D eigenvalue weighted by molar-refractivity contribution is -0.751. The number of hydrogen-bond acceptors (Lipinski definition) is 3. The zero-order chi connectivity index (χ0) is 11.7. The second kappa shape index (κ2) is 3.77. The molecule has 1 aliphatic rings. The Morgan fingerprint density at radius 3 is 2.19 bits per heavy atom. The van der Waals surface area contributed by atoms with E-state index in [9.17, 15) is 9.59 Å². The molecule has 1 aromatic carbocycles. The fourth-order valence-electron chi connectivity index (χ4n) is 1.60. The van der Waals surface area contributed by atoms with E-state index in [0.717, 1.165) is 9.64 Å². The number of rotatable bonds is 2. The monoisotopic (exact) mass is 219 g/mol. The Kier molecular flexibility index (Phi) is 2.44. The molecule has 1 aromatic rings. The van der Waals surface area contributed by atoms with Crippen LogP contribution < -0.4 is 0 Å². The van der Waals surface area contributed by atoms with E-state index in [1.165, 1.54) is 13.3 Å². The van der Waals surface area contributed by atoms with E-state index >= 15 is 0 Å². The first-order chi connectivity index (χ1) is 7.61. The number of nitrogens with zero attached hydrogens (tertiary/aromatic N) is 2. The zero-order valence-corrected chi connectivity index (χ0v) is 8.75.